The Kier molecular flexibility index (Phi) is 4.06. The summed E-state index contributed by atoms with van der Waals surface area (Å²) in [5, 5.41) is 18.3. The molecule has 2 aromatic heterocycles. The summed E-state index contributed by atoms with van der Waals surface area (Å²) < 4.78 is 17.9. The fraction of sp³-hybridized carbons (Fsp3) is 0.312. The summed E-state index contributed by atoms with van der Waals surface area (Å²) in [6.45, 7) is 3.00. The number of hydrogen-bond donors (Lipinski definition) is 1. The van der Waals surface area contributed by atoms with E-state index >= 15 is 0 Å². The van der Waals surface area contributed by atoms with Gasteiger partial charge in [0.2, 0.25) is 11.7 Å². The number of benzene rings is 1. The number of aliphatic hydroxyl groups excluding tert-OH is 1. The van der Waals surface area contributed by atoms with E-state index in [0.717, 1.165) is 0 Å². The van der Waals surface area contributed by atoms with Crippen LogP contribution in [0.5, 0.6) is 11.6 Å². The first-order valence-electron chi connectivity index (χ1n) is 7.79. The Morgan fingerprint density at radius 2 is 2.32 bits per heavy atom. The molecular weight excluding hydrogens is 348 g/mol. The van der Waals surface area contributed by atoms with Crippen LogP contribution in [0.2, 0.25) is 5.02 Å². The first-order valence-corrected chi connectivity index (χ1v) is 8.17. The minimum Gasteiger partial charge on any atom is -0.492 e. The molecule has 0 fully saturated rings. The van der Waals surface area contributed by atoms with E-state index in [1.54, 1.807) is 23.0 Å². The minimum absolute atomic E-state index is 0.203. The summed E-state index contributed by atoms with van der Waals surface area (Å²) in [5.41, 5.74) is 1.29. The lowest BCUT2D eigenvalue weighted by Gasteiger charge is -2.20. The van der Waals surface area contributed by atoms with Crippen LogP contribution in [-0.4, -0.2) is 44.3 Å². The van der Waals surface area contributed by atoms with Crippen molar-refractivity contribution in [2.75, 3.05) is 13.2 Å². The van der Waals surface area contributed by atoms with Gasteiger partial charge in [-0.2, -0.15) is 10.1 Å². The molecule has 0 aliphatic carbocycles. The molecule has 0 saturated heterocycles. The molecule has 0 radical (unpaired) electrons. The third-order valence-corrected chi connectivity index (χ3v) is 4.03. The highest BCUT2D eigenvalue weighted by atomic mass is 35.5. The van der Waals surface area contributed by atoms with E-state index in [1.807, 2.05) is 13.0 Å². The standard InChI is InChI=1S/C16H15ClN4O4/c1-2-23-13-4-3-9(5-12(13)17)14-19-15(25-20-14)11-6-18-21-7-10(22)8-24-16(11)21/h3-6,10,22H,2,7-8H2,1H3. The second-order valence-electron chi connectivity index (χ2n) is 5.51. The predicted molar refractivity (Wildman–Crippen MR) is 88.6 cm³/mol. The molecule has 3 heterocycles. The molecule has 25 heavy (non-hydrogen) atoms. The second kappa shape index (κ2) is 6.38. The smallest absolute Gasteiger partial charge is 0.265 e. The number of aromatic nitrogens is 4. The van der Waals surface area contributed by atoms with Crippen molar-refractivity contribution in [2.45, 2.75) is 19.6 Å². The van der Waals surface area contributed by atoms with E-state index in [1.165, 1.54) is 0 Å². The van der Waals surface area contributed by atoms with Gasteiger partial charge in [0.1, 0.15) is 24.0 Å². The number of ether oxygens (including phenoxy) is 2. The van der Waals surface area contributed by atoms with Crippen molar-refractivity contribution in [2.24, 2.45) is 0 Å². The lowest BCUT2D eigenvalue weighted by atomic mass is 10.2. The first-order chi connectivity index (χ1) is 12.2. The highest BCUT2D eigenvalue weighted by molar-refractivity contribution is 6.32. The minimum atomic E-state index is -0.579. The van der Waals surface area contributed by atoms with Gasteiger partial charge in [0.25, 0.3) is 5.89 Å². The third kappa shape index (κ3) is 2.94. The monoisotopic (exact) mass is 362 g/mol. The summed E-state index contributed by atoms with van der Waals surface area (Å²) in [4.78, 5) is 4.39. The van der Waals surface area contributed by atoms with Crippen molar-refractivity contribution < 1.29 is 19.1 Å². The summed E-state index contributed by atoms with van der Waals surface area (Å²) in [5.74, 6) is 1.80. The van der Waals surface area contributed by atoms with Crippen LogP contribution in [0.1, 0.15) is 6.92 Å². The molecule has 9 heteroatoms. The number of rotatable bonds is 4. The predicted octanol–water partition coefficient (Wildman–Crippen LogP) is 2.41. The fourth-order valence-electron chi connectivity index (χ4n) is 2.59. The normalized spacial score (nSPS) is 16.4. The number of halogens is 1. The Labute approximate surface area is 147 Å². The van der Waals surface area contributed by atoms with Crippen molar-refractivity contribution in [3.63, 3.8) is 0 Å². The topological polar surface area (TPSA) is 95.4 Å². The second-order valence-corrected chi connectivity index (χ2v) is 5.92. The van der Waals surface area contributed by atoms with E-state index in [9.17, 15) is 5.11 Å². The lowest BCUT2D eigenvalue weighted by molar-refractivity contribution is 0.0560. The fourth-order valence-corrected chi connectivity index (χ4v) is 2.83. The summed E-state index contributed by atoms with van der Waals surface area (Å²) in [7, 11) is 0. The van der Waals surface area contributed by atoms with E-state index in [4.69, 9.17) is 25.6 Å². The van der Waals surface area contributed by atoms with Crippen LogP contribution in [0.4, 0.5) is 0 Å². The van der Waals surface area contributed by atoms with Crippen LogP contribution in [0, 0.1) is 0 Å². The van der Waals surface area contributed by atoms with Crippen LogP contribution < -0.4 is 9.47 Å². The lowest BCUT2D eigenvalue weighted by Crippen LogP contribution is -2.30. The number of aliphatic hydroxyl groups is 1. The Hall–Kier alpha value is -2.58. The molecule has 0 amide bonds. The van der Waals surface area contributed by atoms with Gasteiger partial charge in [0.05, 0.1) is 24.4 Å². The van der Waals surface area contributed by atoms with Crippen molar-refractivity contribution in [1.29, 1.82) is 0 Å². The van der Waals surface area contributed by atoms with Crippen molar-refractivity contribution in [3.05, 3.63) is 29.4 Å². The molecule has 130 valence electrons. The molecule has 1 unspecified atom stereocenters. The van der Waals surface area contributed by atoms with Gasteiger partial charge in [-0.3, -0.25) is 0 Å². The van der Waals surface area contributed by atoms with Gasteiger partial charge in [-0.25, -0.2) is 4.68 Å². The van der Waals surface area contributed by atoms with Crippen LogP contribution in [0.25, 0.3) is 22.8 Å². The van der Waals surface area contributed by atoms with Crippen molar-refractivity contribution in [3.8, 4) is 34.5 Å². The van der Waals surface area contributed by atoms with Crippen LogP contribution in [0.15, 0.2) is 28.9 Å². The third-order valence-electron chi connectivity index (χ3n) is 3.73. The maximum Gasteiger partial charge on any atom is 0.265 e. The zero-order chi connectivity index (χ0) is 17.4. The molecular formula is C16H15ClN4O4. The molecule has 0 saturated carbocycles. The number of fused-ring (bicyclic) bond motifs is 1. The van der Waals surface area contributed by atoms with E-state index in [-0.39, 0.29) is 12.5 Å². The Bertz CT molecular complexity index is 907. The maximum absolute atomic E-state index is 9.62. The zero-order valence-corrected chi connectivity index (χ0v) is 14.1. The largest absolute Gasteiger partial charge is 0.492 e. The van der Waals surface area contributed by atoms with Gasteiger partial charge in [0.15, 0.2) is 0 Å². The average Bonchev–Trinajstić information content (AvgIpc) is 3.23. The molecule has 1 N–H and O–H groups in total. The van der Waals surface area contributed by atoms with Gasteiger partial charge in [-0.1, -0.05) is 16.8 Å². The molecule has 0 spiro atoms. The Morgan fingerprint density at radius 1 is 1.44 bits per heavy atom. The first kappa shape index (κ1) is 15.9. The maximum atomic E-state index is 9.62. The molecule has 1 aliphatic heterocycles. The van der Waals surface area contributed by atoms with Crippen molar-refractivity contribution in [1.82, 2.24) is 19.9 Å². The van der Waals surface area contributed by atoms with Crippen LogP contribution in [0.3, 0.4) is 0 Å². The Morgan fingerprint density at radius 3 is 3.12 bits per heavy atom. The highest BCUT2D eigenvalue weighted by Gasteiger charge is 2.25. The molecule has 8 nitrogen and oxygen atoms in total. The molecule has 0 bridgehead atoms. The molecule has 1 aliphatic rings. The van der Waals surface area contributed by atoms with Gasteiger partial charge >= 0.3 is 0 Å². The summed E-state index contributed by atoms with van der Waals surface area (Å²) >= 11 is 6.20. The molecule has 1 atom stereocenters. The van der Waals surface area contributed by atoms with E-state index < -0.39 is 6.10 Å². The quantitative estimate of drug-likeness (QED) is 0.761. The molecule has 4 rings (SSSR count). The van der Waals surface area contributed by atoms with E-state index in [0.29, 0.717) is 46.8 Å². The Balaban J connectivity index is 1.64. The highest BCUT2D eigenvalue weighted by Crippen LogP contribution is 2.33. The number of hydrogen-bond acceptors (Lipinski definition) is 7. The van der Waals surface area contributed by atoms with Crippen molar-refractivity contribution >= 4 is 11.6 Å². The average molecular weight is 363 g/mol. The molecule has 3 aromatic rings. The van der Waals surface area contributed by atoms with Crippen LogP contribution >= 0.6 is 11.6 Å². The summed E-state index contributed by atoms with van der Waals surface area (Å²) in [6.07, 6.45) is 1.00. The number of nitrogens with zero attached hydrogens (tertiary/aromatic N) is 4. The summed E-state index contributed by atoms with van der Waals surface area (Å²) in [6, 6.07) is 5.30. The van der Waals surface area contributed by atoms with Crippen LogP contribution in [-0.2, 0) is 6.54 Å². The molecule has 1 aromatic carbocycles. The van der Waals surface area contributed by atoms with Gasteiger partial charge < -0.3 is 19.1 Å². The zero-order valence-electron chi connectivity index (χ0n) is 13.3. The van der Waals surface area contributed by atoms with Gasteiger partial charge in [-0.15, -0.1) is 0 Å². The van der Waals surface area contributed by atoms with Gasteiger partial charge in [0, 0.05) is 5.56 Å². The van der Waals surface area contributed by atoms with Gasteiger partial charge in [-0.05, 0) is 25.1 Å². The SMILES string of the molecule is CCOc1ccc(-c2noc(-c3cnn4c3OCC(O)C4)n2)cc1Cl. The van der Waals surface area contributed by atoms with E-state index in [2.05, 4.69) is 15.2 Å².